The molecule has 2 heterocycles. The van der Waals surface area contributed by atoms with Gasteiger partial charge in [0.1, 0.15) is 0 Å². The average Bonchev–Trinajstić information content (AvgIpc) is 3.08. The Kier molecular flexibility index (Phi) is 5.07. The van der Waals surface area contributed by atoms with Crippen molar-refractivity contribution in [2.45, 2.75) is 44.2 Å². The molecule has 1 aromatic rings. The Labute approximate surface area is 126 Å². The largest absolute Gasteiger partial charge is 0.370 e. The summed E-state index contributed by atoms with van der Waals surface area (Å²) in [5, 5.41) is 0. The molecule has 0 aromatic heterocycles. The first-order valence-electron chi connectivity index (χ1n) is 7.92. The summed E-state index contributed by atoms with van der Waals surface area (Å²) >= 11 is 0. The molecule has 2 aliphatic heterocycles. The van der Waals surface area contributed by atoms with Crippen LogP contribution in [0.3, 0.4) is 0 Å². The lowest BCUT2D eigenvalue weighted by atomic mass is 9.89. The molecule has 0 saturated carbocycles. The number of benzene rings is 1. The Hall–Kier alpha value is -1.16. The lowest BCUT2D eigenvalue weighted by Crippen LogP contribution is -2.40. The van der Waals surface area contributed by atoms with Crippen LogP contribution < -0.4 is 0 Å². The normalized spacial score (nSPS) is 30.4. The molecule has 3 rings (SSSR count). The molecule has 3 nitrogen and oxygen atoms in total. The summed E-state index contributed by atoms with van der Waals surface area (Å²) in [7, 11) is 0. The van der Waals surface area contributed by atoms with Gasteiger partial charge in [-0.1, -0.05) is 36.4 Å². The summed E-state index contributed by atoms with van der Waals surface area (Å²) in [6.45, 7) is 5.32. The first-order chi connectivity index (χ1) is 10.4. The third kappa shape index (κ3) is 3.73. The van der Waals surface area contributed by atoms with Crippen LogP contribution in [0.4, 0.5) is 0 Å². The molecule has 0 amide bonds. The Balaban J connectivity index is 1.52. The van der Waals surface area contributed by atoms with Gasteiger partial charge in [-0.3, -0.25) is 0 Å². The Morgan fingerprint density at radius 3 is 2.57 bits per heavy atom. The van der Waals surface area contributed by atoms with Crippen molar-refractivity contribution in [2.75, 3.05) is 13.2 Å². The van der Waals surface area contributed by atoms with E-state index in [1.54, 1.807) is 0 Å². The molecule has 0 spiro atoms. The van der Waals surface area contributed by atoms with Gasteiger partial charge in [-0.25, -0.2) is 0 Å². The average molecular weight is 288 g/mol. The highest BCUT2D eigenvalue weighted by Crippen LogP contribution is 2.33. The highest BCUT2D eigenvalue weighted by atomic mass is 16.7. The summed E-state index contributed by atoms with van der Waals surface area (Å²) in [6, 6.07) is 10.6. The predicted octanol–water partition coefficient (Wildman–Crippen LogP) is 3.34. The zero-order valence-electron chi connectivity index (χ0n) is 12.4. The van der Waals surface area contributed by atoms with E-state index in [0.29, 0.717) is 19.3 Å². The number of hydrogen-bond donors (Lipinski definition) is 0. The SMILES string of the molecule is C=C[C@H]1O[C@@H](CCc2ccccc2)CC[C@@H]1C1OCCO1. The number of hydrogen-bond acceptors (Lipinski definition) is 3. The topological polar surface area (TPSA) is 27.7 Å². The molecule has 1 aromatic carbocycles. The van der Waals surface area contributed by atoms with E-state index in [0.717, 1.165) is 25.7 Å². The zero-order chi connectivity index (χ0) is 14.5. The summed E-state index contributed by atoms with van der Waals surface area (Å²) < 4.78 is 17.5. The predicted molar refractivity (Wildman–Crippen MR) is 82.0 cm³/mol. The van der Waals surface area contributed by atoms with Crippen LogP contribution in [0.15, 0.2) is 43.0 Å². The van der Waals surface area contributed by atoms with Gasteiger partial charge in [0.2, 0.25) is 0 Å². The van der Waals surface area contributed by atoms with E-state index in [-0.39, 0.29) is 18.3 Å². The van der Waals surface area contributed by atoms with Crippen LogP contribution in [0, 0.1) is 5.92 Å². The smallest absolute Gasteiger partial charge is 0.163 e. The summed E-state index contributed by atoms with van der Waals surface area (Å²) in [4.78, 5) is 0. The van der Waals surface area contributed by atoms with Gasteiger partial charge in [-0.2, -0.15) is 0 Å². The van der Waals surface area contributed by atoms with Crippen LogP contribution in [-0.4, -0.2) is 31.7 Å². The van der Waals surface area contributed by atoms with E-state index >= 15 is 0 Å². The van der Waals surface area contributed by atoms with E-state index in [4.69, 9.17) is 14.2 Å². The molecule has 0 aliphatic carbocycles. The van der Waals surface area contributed by atoms with Crippen molar-refractivity contribution >= 4 is 0 Å². The second-order valence-electron chi connectivity index (χ2n) is 5.83. The fraction of sp³-hybridized carbons (Fsp3) is 0.556. The number of aryl methyl sites for hydroxylation is 1. The van der Waals surface area contributed by atoms with Gasteiger partial charge < -0.3 is 14.2 Å². The molecule has 2 saturated heterocycles. The van der Waals surface area contributed by atoms with E-state index in [2.05, 4.69) is 36.9 Å². The third-order valence-corrected chi connectivity index (χ3v) is 4.42. The first kappa shape index (κ1) is 14.8. The van der Waals surface area contributed by atoms with Gasteiger partial charge in [-0.15, -0.1) is 6.58 Å². The molecule has 2 aliphatic rings. The highest BCUT2D eigenvalue weighted by Gasteiger charge is 2.37. The molecule has 21 heavy (non-hydrogen) atoms. The Bertz CT molecular complexity index is 439. The Morgan fingerprint density at radius 1 is 1.10 bits per heavy atom. The van der Waals surface area contributed by atoms with Gasteiger partial charge in [0.25, 0.3) is 0 Å². The van der Waals surface area contributed by atoms with E-state index < -0.39 is 0 Å². The molecule has 2 fully saturated rings. The maximum Gasteiger partial charge on any atom is 0.163 e. The summed E-state index contributed by atoms with van der Waals surface area (Å²) in [5.74, 6) is 0.290. The van der Waals surface area contributed by atoms with Crippen molar-refractivity contribution in [3.05, 3.63) is 48.6 Å². The number of ether oxygens (including phenoxy) is 3. The molecule has 0 N–H and O–H groups in total. The minimum absolute atomic E-state index is 0.0441. The molecule has 114 valence electrons. The van der Waals surface area contributed by atoms with Crippen molar-refractivity contribution in [1.82, 2.24) is 0 Å². The zero-order valence-corrected chi connectivity index (χ0v) is 12.4. The lowest BCUT2D eigenvalue weighted by Gasteiger charge is -2.37. The van der Waals surface area contributed by atoms with Crippen molar-refractivity contribution in [3.63, 3.8) is 0 Å². The van der Waals surface area contributed by atoms with Crippen LogP contribution in [0.2, 0.25) is 0 Å². The van der Waals surface area contributed by atoms with E-state index in [1.165, 1.54) is 5.56 Å². The third-order valence-electron chi connectivity index (χ3n) is 4.42. The highest BCUT2D eigenvalue weighted by molar-refractivity contribution is 5.14. The molecule has 0 bridgehead atoms. The van der Waals surface area contributed by atoms with Gasteiger partial charge >= 0.3 is 0 Å². The lowest BCUT2D eigenvalue weighted by molar-refractivity contribution is -0.157. The van der Waals surface area contributed by atoms with E-state index in [1.807, 2.05) is 6.08 Å². The van der Waals surface area contributed by atoms with Gasteiger partial charge in [0, 0.05) is 5.92 Å². The molecular formula is C18H24O3. The van der Waals surface area contributed by atoms with Crippen LogP contribution in [0.1, 0.15) is 24.8 Å². The maximum atomic E-state index is 6.20. The molecule has 3 heteroatoms. The van der Waals surface area contributed by atoms with Crippen LogP contribution >= 0.6 is 0 Å². The van der Waals surface area contributed by atoms with Crippen LogP contribution in [-0.2, 0) is 20.6 Å². The second kappa shape index (κ2) is 7.21. The van der Waals surface area contributed by atoms with Crippen molar-refractivity contribution < 1.29 is 14.2 Å². The monoisotopic (exact) mass is 288 g/mol. The van der Waals surface area contributed by atoms with Gasteiger partial charge in [-0.05, 0) is 31.2 Å². The molecule has 0 radical (unpaired) electrons. The van der Waals surface area contributed by atoms with Crippen molar-refractivity contribution in [2.24, 2.45) is 5.92 Å². The van der Waals surface area contributed by atoms with Gasteiger partial charge in [0.15, 0.2) is 6.29 Å². The summed E-state index contributed by atoms with van der Waals surface area (Å²) in [5.41, 5.74) is 1.38. The maximum absolute atomic E-state index is 6.20. The van der Waals surface area contributed by atoms with Gasteiger partial charge in [0.05, 0.1) is 25.4 Å². The molecular weight excluding hydrogens is 264 g/mol. The van der Waals surface area contributed by atoms with E-state index in [9.17, 15) is 0 Å². The van der Waals surface area contributed by atoms with Crippen LogP contribution in [0.5, 0.6) is 0 Å². The fourth-order valence-corrected chi connectivity index (χ4v) is 3.26. The summed E-state index contributed by atoms with van der Waals surface area (Å²) in [6.07, 6.45) is 6.44. The minimum atomic E-state index is -0.108. The number of rotatable bonds is 5. The molecule has 3 atom stereocenters. The van der Waals surface area contributed by atoms with Crippen molar-refractivity contribution in [3.8, 4) is 0 Å². The second-order valence-corrected chi connectivity index (χ2v) is 5.83. The molecule has 0 unspecified atom stereocenters. The van der Waals surface area contributed by atoms with Crippen molar-refractivity contribution in [1.29, 1.82) is 0 Å². The first-order valence-corrected chi connectivity index (χ1v) is 7.92. The van der Waals surface area contributed by atoms with Crippen LogP contribution in [0.25, 0.3) is 0 Å². The minimum Gasteiger partial charge on any atom is -0.370 e. The quantitative estimate of drug-likeness (QED) is 0.778. The standard InChI is InChI=1S/C18H24O3/c1-2-17-16(18-19-12-13-20-18)11-10-15(21-17)9-8-14-6-4-3-5-7-14/h2-7,15-18H,1,8-13H2/t15-,16-,17+/m0/s1. The Morgan fingerprint density at radius 2 is 1.86 bits per heavy atom. The fourth-order valence-electron chi connectivity index (χ4n) is 3.26.